The van der Waals surface area contributed by atoms with Gasteiger partial charge in [0, 0.05) is 35.1 Å². The maximum Gasteiger partial charge on any atom is 0.227 e. The van der Waals surface area contributed by atoms with Gasteiger partial charge in [0.2, 0.25) is 11.0 Å². The monoisotopic (exact) mass is 390 g/mol. The van der Waals surface area contributed by atoms with Gasteiger partial charge in [0.15, 0.2) is 0 Å². The van der Waals surface area contributed by atoms with Crippen LogP contribution >= 0.6 is 27.3 Å². The van der Waals surface area contributed by atoms with E-state index in [-0.39, 0.29) is 5.91 Å². The summed E-state index contributed by atoms with van der Waals surface area (Å²) in [5.74, 6) is 0.545. The Labute approximate surface area is 145 Å². The van der Waals surface area contributed by atoms with E-state index in [0.29, 0.717) is 24.0 Å². The van der Waals surface area contributed by atoms with E-state index in [9.17, 15) is 4.79 Å². The van der Waals surface area contributed by atoms with Crippen LogP contribution in [0.15, 0.2) is 34.9 Å². The number of nitrogens with one attached hydrogen (secondary N) is 1. The predicted molar refractivity (Wildman–Crippen MR) is 94.8 cm³/mol. The summed E-state index contributed by atoms with van der Waals surface area (Å²) in [5.41, 5.74) is 1.12. The highest BCUT2D eigenvalue weighted by Crippen LogP contribution is 2.42. The van der Waals surface area contributed by atoms with Crippen LogP contribution in [0.3, 0.4) is 0 Å². The average Bonchev–Trinajstić information content (AvgIpc) is 3.16. The van der Waals surface area contributed by atoms with Gasteiger partial charge in [0.25, 0.3) is 0 Å². The molecule has 4 rings (SSSR count). The van der Waals surface area contributed by atoms with Gasteiger partial charge in [0.05, 0.1) is 0 Å². The van der Waals surface area contributed by atoms with Crippen molar-refractivity contribution in [2.45, 2.75) is 31.7 Å². The minimum atomic E-state index is -0.0275. The Bertz CT molecular complexity index is 868. The molecule has 5 nitrogen and oxygen atoms in total. The van der Waals surface area contributed by atoms with E-state index in [0.717, 1.165) is 15.0 Å². The molecular formula is C16H15BrN4OS. The van der Waals surface area contributed by atoms with Crippen LogP contribution in [0, 0.1) is 0 Å². The molecule has 2 aromatic heterocycles. The number of fused-ring (bicyclic) bond motifs is 1. The number of hydrogen-bond donors (Lipinski definition) is 1. The van der Waals surface area contributed by atoms with E-state index in [1.807, 2.05) is 12.3 Å². The van der Waals surface area contributed by atoms with E-state index in [2.05, 4.69) is 54.2 Å². The molecule has 1 fully saturated rings. The zero-order valence-corrected chi connectivity index (χ0v) is 14.7. The molecule has 1 aliphatic rings. The quantitative estimate of drug-likeness (QED) is 0.711. The van der Waals surface area contributed by atoms with E-state index in [1.165, 1.54) is 29.6 Å². The number of aryl methyl sites for hydroxylation is 1. The molecule has 118 valence electrons. The highest BCUT2D eigenvalue weighted by atomic mass is 79.9. The molecule has 0 radical (unpaired) electrons. The van der Waals surface area contributed by atoms with Crippen molar-refractivity contribution < 1.29 is 4.79 Å². The standard InChI is InChI=1S/C16H15BrN4OS/c17-12-4-3-10-5-7-21(13(10)9-12)8-6-14(22)18-16-20-19-15(23-16)11-1-2-11/h3-5,7,9,11H,1-2,6,8H2,(H,18,20,22). The van der Waals surface area contributed by atoms with Crippen LogP contribution < -0.4 is 5.32 Å². The third kappa shape index (κ3) is 3.30. The van der Waals surface area contributed by atoms with Crippen molar-refractivity contribution in [2.75, 3.05) is 5.32 Å². The highest BCUT2D eigenvalue weighted by molar-refractivity contribution is 9.10. The fourth-order valence-electron chi connectivity index (χ4n) is 2.54. The zero-order chi connectivity index (χ0) is 15.8. The first-order valence-corrected chi connectivity index (χ1v) is 9.17. The molecule has 23 heavy (non-hydrogen) atoms. The van der Waals surface area contributed by atoms with E-state index >= 15 is 0 Å². The van der Waals surface area contributed by atoms with Crippen LogP contribution in [0.5, 0.6) is 0 Å². The van der Waals surface area contributed by atoms with Crippen LogP contribution in [0.2, 0.25) is 0 Å². The molecule has 1 amide bonds. The molecule has 0 unspecified atom stereocenters. The summed E-state index contributed by atoms with van der Waals surface area (Å²) in [6, 6.07) is 8.22. The molecule has 0 bridgehead atoms. The lowest BCUT2D eigenvalue weighted by molar-refractivity contribution is -0.116. The summed E-state index contributed by atoms with van der Waals surface area (Å²) in [6.07, 6.45) is 4.81. The fourth-order valence-corrected chi connectivity index (χ4v) is 3.81. The minimum Gasteiger partial charge on any atom is -0.347 e. The summed E-state index contributed by atoms with van der Waals surface area (Å²) >= 11 is 4.98. The Morgan fingerprint density at radius 2 is 2.22 bits per heavy atom. The lowest BCUT2D eigenvalue weighted by atomic mass is 10.2. The molecule has 0 aliphatic heterocycles. The second-order valence-electron chi connectivity index (χ2n) is 5.73. The lowest BCUT2D eigenvalue weighted by Gasteiger charge is -2.05. The Kier molecular flexibility index (Phi) is 3.90. The Morgan fingerprint density at radius 3 is 3.04 bits per heavy atom. The van der Waals surface area contributed by atoms with Gasteiger partial charge in [-0.2, -0.15) is 0 Å². The molecule has 0 saturated heterocycles. The van der Waals surface area contributed by atoms with Crippen LogP contribution in [0.1, 0.15) is 30.2 Å². The van der Waals surface area contributed by atoms with Gasteiger partial charge in [-0.1, -0.05) is 33.3 Å². The highest BCUT2D eigenvalue weighted by Gasteiger charge is 2.27. The Balaban J connectivity index is 1.39. The number of hydrogen-bond acceptors (Lipinski definition) is 4. The van der Waals surface area contributed by atoms with Crippen molar-refractivity contribution in [3.05, 3.63) is 39.9 Å². The largest absolute Gasteiger partial charge is 0.347 e. The molecule has 7 heteroatoms. The van der Waals surface area contributed by atoms with Gasteiger partial charge in [-0.3, -0.25) is 4.79 Å². The van der Waals surface area contributed by atoms with Gasteiger partial charge in [0.1, 0.15) is 5.01 Å². The van der Waals surface area contributed by atoms with Gasteiger partial charge in [-0.15, -0.1) is 10.2 Å². The zero-order valence-electron chi connectivity index (χ0n) is 12.3. The van der Waals surface area contributed by atoms with Crippen LogP contribution in [0.25, 0.3) is 10.9 Å². The molecule has 1 N–H and O–H groups in total. The summed E-state index contributed by atoms with van der Waals surface area (Å²) in [6.45, 7) is 0.639. The van der Waals surface area contributed by atoms with Crippen LogP contribution in [0.4, 0.5) is 5.13 Å². The Hall–Kier alpha value is -1.73. The summed E-state index contributed by atoms with van der Waals surface area (Å²) < 4.78 is 3.13. The lowest BCUT2D eigenvalue weighted by Crippen LogP contribution is -2.14. The third-order valence-electron chi connectivity index (χ3n) is 3.93. The van der Waals surface area contributed by atoms with Gasteiger partial charge >= 0.3 is 0 Å². The fraction of sp³-hybridized carbons (Fsp3) is 0.312. The van der Waals surface area contributed by atoms with Crippen molar-refractivity contribution in [1.29, 1.82) is 0 Å². The normalized spacial score (nSPS) is 14.3. The molecule has 1 aliphatic carbocycles. The maximum atomic E-state index is 12.1. The SMILES string of the molecule is O=C(CCn1ccc2ccc(Br)cc21)Nc1nnc(C2CC2)s1. The van der Waals surface area contributed by atoms with E-state index in [4.69, 9.17) is 0 Å². The number of benzene rings is 1. The van der Waals surface area contributed by atoms with Gasteiger partial charge in [-0.05, 0) is 36.4 Å². The molecule has 0 atom stereocenters. The number of rotatable bonds is 5. The van der Waals surface area contributed by atoms with Gasteiger partial charge < -0.3 is 9.88 Å². The maximum absolute atomic E-state index is 12.1. The van der Waals surface area contributed by atoms with E-state index < -0.39 is 0 Å². The summed E-state index contributed by atoms with van der Waals surface area (Å²) in [5, 5.41) is 13.9. The molecular weight excluding hydrogens is 376 g/mol. The molecule has 3 aromatic rings. The summed E-state index contributed by atoms with van der Waals surface area (Å²) in [4.78, 5) is 12.1. The topological polar surface area (TPSA) is 59.8 Å². The second kappa shape index (κ2) is 6.05. The number of anilines is 1. The first-order chi connectivity index (χ1) is 11.2. The van der Waals surface area contributed by atoms with Crippen molar-refractivity contribution >= 4 is 49.2 Å². The average molecular weight is 391 g/mol. The van der Waals surface area contributed by atoms with Crippen LogP contribution in [-0.2, 0) is 11.3 Å². The molecule has 0 spiro atoms. The Morgan fingerprint density at radius 1 is 1.35 bits per heavy atom. The number of aromatic nitrogens is 3. The van der Waals surface area contributed by atoms with E-state index in [1.54, 1.807) is 0 Å². The first-order valence-electron chi connectivity index (χ1n) is 7.57. The second-order valence-corrected chi connectivity index (χ2v) is 7.65. The number of amides is 1. The van der Waals surface area contributed by atoms with Crippen molar-refractivity contribution in [2.24, 2.45) is 0 Å². The number of carbonyl (C=O) groups excluding carboxylic acids is 1. The number of nitrogens with zero attached hydrogens (tertiary/aromatic N) is 3. The summed E-state index contributed by atoms with van der Waals surface area (Å²) in [7, 11) is 0. The predicted octanol–water partition coefficient (Wildman–Crippen LogP) is 4.16. The molecule has 1 saturated carbocycles. The number of carbonyl (C=O) groups is 1. The first kappa shape index (κ1) is 14.8. The smallest absolute Gasteiger partial charge is 0.227 e. The van der Waals surface area contributed by atoms with Crippen molar-refractivity contribution in [3.63, 3.8) is 0 Å². The minimum absolute atomic E-state index is 0.0275. The molecule has 1 aromatic carbocycles. The van der Waals surface area contributed by atoms with Crippen LogP contribution in [-0.4, -0.2) is 20.7 Å². The number of halogens is 1. The van der Waals surface area contributed by atoms with Gasteiger partial charge in [-0.25, -0.2) is 0 Å². The van der Waals surface area contributed by atoms with Crippen molar-refractivity contribution in [1.82, 2.24) is 14.8 Å². The third-order valence-corrected chi connectivity index (χ3v) is 5.42. The molecule has 2 heterocycles. The van der Waals surface area contributed by atoms with Crippen molar-refractivity contribution in [3.8, 4) is 0 Å².